The quantitative estimate of drug-likeness (QED) is 0.306. The number of ether oxygens (including phenoxy) is 1. The molecule has 0 amide bonds. The molecule has 5 aliphatic carbocycles. The molecule has 5 fully saturated rings. The molecule has 2 heteroatoms. The molecule has 0 bridgehead atoms. The summed E-state index contributed by atoms with van der Waals surface area (Å²) in [6.07, 6.45) is 14.9. The maximum absolute atomic E-state index is 11.9. The Morgan fingerprint density at radius 3 is 2.24 bits per heavy atom. The first-order chi connectivity index (χ1) is 15.8. The average molecular weight is 469 g/mol. The number of rotatable bonds is 3. The first-order valence-electron chi connectivity index (χ1n) is 14.6. The molecule has 192 valence electrons. The van der Waals surface area contributed by atoms with Crippen LogP contribution in [-0.2, 0) is 9.53 Å². The van der Waals surface area contributed by atoms with E-state index in [4.69, 9.17) is 4.74 Å². The lowest BCUT2D eigenvalue weighted by atomic mass is 9.32. The average Bonchev–Trinajstić information content (AvgIpc) is 3.12. The topological polar surface area (TPSA) is 26.3 Å². The van der Waals surface area contributed by atoms with E-state index in [9.17, 15) is 4.79 Å². The van der Waals surface area contributed by atoms with E-state index in [1.807, 2.05) is 0 Å². The molecule has 0 saturated heterocycles. The zero-order chi connectivity index (χ0) is 24.7. The summed E-state index contributed by atoms with van der Waals surface area (Å²) in [4.78, 5) is 11.9. The normalized spacial score (nSPS) is 51.4. The van der Waals surface area contributed by atoms with Crippen molar-refractivity contribution in [2.24, 2.45) is 56.7 Å². The molecule has 5 aliphatic rings. The third-order valence-electron chi connectivity index (χ3n) is 13.5. The van der Waals surface area contributed by atoms with Gasteiger partial charge < -0.3 is 4.74 Å². The van der Waals surface area contributed by atoms with Crippen LogP contribution in [0.3, 0.4) is 0 Å². The lowest BCUT2D eigenvalue weighted by Crippen LogP contribution is -2.65. The molecular weight excluding hydrogens is 416 g/mol. The summed E-state index contributed by atoms with van der Waals surface area (Å²) < 4.78 is 5.80. The van der Waals surface area contributed by atoms with Crippen LogP contribution in [0.15, 0.2) is 12.2 Å². The molecule has 0 aromatic rings. The van der Waals surface area contributed by atoms with Crippen molar-refractivity contribution in [2.75, 3.05) is 6.61 Å². The van der Waals surface area contributed by atoms with Gasteiger partial charge in [0.1, 0.15) is 0 Å². The van der Waals surface area contributed by atoms with Gasteiger partial charge in [-0.25, -0.2) is 0 Å². The SMILES string of the molecule is C=C(C)[C@@H]1CC[C@]2(COC(C)=O)CC[C@]3(C)[C@H](CC[C@@H]4[C@@]5(C)CCCC(C)(C)[C@@H]5CC[C@]43C)[C@@H]12. The Kier molecular flexibility index (Phi) is 5.75. The van der Waals surface area contributed by atoms with Crippen molar-refractivity contribution in [2.45, 2.75) is 119 Å². The van der Waals surface area contributed by atoms with Gasteiger partial charge in [0.2, 0.25) is 0 Å². The summed E-state index contributed by atoms with van der Waals surface area (Å²) in [5.41, 5.74) is 3.35. The van der Waals surface area contributed by atoms with E-state index in [-0.39, 0.29) is 11.4 Å². The monoisotopic (exact) mass is 468 g/mol. The Bertz CT molecular complexity index is 857. The van der Waals surface area contributed by atoms with Gasteiger partial charge in [0.25, 0.3) is 0 Å². The summed E-state index contributed by atoms with van der Waals surface area (Å²) in [6.45, 7) is 22.3. The smallest absolute Gasteiger partial charge is 0.302 e. The van der Waals surface area contributed by atoms with Gasteiger partial charge in [0, 0.05) is 12.3 Å². The van der Waals surface area contributed by atoms with Crippen LogP contribution in [0, 0.1) is 56.7 Å². The Labute approximate surface area is 210 Å². The minimum absolute atomic E-state index is 0.109. The van der Waals surface area contributed by atoms with E-state index in [0.29, 0.717) is 40.1 Å². The highest BCUT2D eigenvalue weighted by Crippen LogP contribution is 2.77. The van der Waals surface area contributed by atoms with Crippen molar-refractivity contribution < 1.29 is 9.53 Å². The van der Waals surface area contributed by atoms with Crippen molar-refractivity contribution in [3.8, 4) is 0 Å². The fraction of sp³-hybridized carbons (Fsp3) is 0.906. The Hall–Kier alpha value is -0.790. The second-order valence-electron chi connectivity index (χ2n) is 15.2. The van der Waals surface area contributed by atoms with E-state index in [2.05, 4.69) is 48.1 Å². The van der Waals surface area contributed by atoms with Gasteiger partial charge in [0.05, 0.1) is 6.61 Å². The van der Waals surface area contributed by atoms with E-state index < -0.39 is 0 Å². The predicted octanol–water partition coefficient (Wildman–Crippen LogP) is 8.60. The zero-order valence-corrected chi connectivity index (χ0v) is 23.4. The van der Waals surface area contributed by atoms with Crippen molar-refractivity contribution >= 4 is 5.97 Å². The van der Waals surface area contributed by atoms with Crippen molar-refractivity contribution in [1.82, 2.24) is 0 Å². The summed E-state index contributed by atoms with van der Waals surface area (Å²) in [6, 6.07) is 0. The minimum atomic E-state index is -0.109. The third-order valence-corrected chi connectivity index (χ3v) is 13.5. The van der Waals surface area contributed by atoms with Gasteiger partial charge in [-0.3, -0.25) is 4.79 Å². The zero-order valence-electron chi connectivity index (χ0n) is 23.4. The second-order valence-corrected chi connectivity index (χ2v) is 15.2. The Morgan fingerprint density at radius 1 is 0.824 bits per heavy atom. The van der Waals surface area contributed by atoms with Gasteiger partial charge in [-0.15, -0.1) is 0 Å². The molecule has 9 atom stereocenters. The summed E-state index contributed by atoms with van der Waals surface area (Å²) in [7, 11) is 0. The minimum Gasteiger partial charge on any atom is -0.465 e. The van der Waals surface area contributed by atoms with Crippen LogP contribution in [0.25, 0.3) is 0 Å². The van der Waals surface area contributed by atoms with E-state index in [0.717, 1.165) is 17.8 Å². The molecule has 2 nitrogen and oxygen atoms in total. The highest BCUT2D eigenvalue weighted by molar-refractivity contribution is 5.65. The maximum atomic E-state index is 11.9. The lowest BCUT2D eigenvalue weighted by Gasteiger charge is -2.72. The number of allylic oxidation sites excluding steroid dienone is 1. The summed E-state index contributed by atoms with van der Waals surface area (Å²) >= 11 is 0. The molecule has 0 radical (unpaired) electrons. The van der Waals surface area contributed by atoms with Crippen LogP contribution >= 0.6 is 0 Å². The fourth-order valence-corrected chi connectivity index (χ4v) is 11.9. The summed E-state index contributed by atoms with van der Waals surface area (Å²) in [5, 5.41) is 0. The van der Waals surface area contributed by atoms with Crippen molar-refractivity contribution in [3.63, 3.8) is 0 Å². The maximum Gasteiger partial charge on any atom is 0.302 e. The second kappa shape index (κ2) is 7.85. The van der Waals surface area contributed by atoms with Crippen molar-refractivity contribution in [3.05, 3.63) is 12.2 Å². The van der Waals surface area contributed by atoms with E-state index in [1.165, 1.54) is 76.2 Å². The third kappa shape index (κ3) is 3.21. The highest BCUT2D eigenvalue weighted by atomic mass is 16.5. The van der Waals surface area contributed by atoms with E-state index >= 15 is 0 Å². The molecule has 0 unspecified atom stereocenters. The first-order valence-corrected chi connectivity index (χ1v) is 14.6. The lowest BCUT2D eigenvalue weighted by molar-refractivity contribution is -0.239. The molecular formula is C32H52O2. The fourth-order valence-electron chi connectivity index (χ4n) is 11.9. The van der Waals surface area contributed by atoms with E-state index in [1.54, 1.807) is 6.92 Å². The molecule has 5 rings (SSSR count). The molecule has 34 heavy (non-hydrogen) atoms. The molecule has 0 N–H and O–H groups in total. The van der Waals surface area contributed by atoms with Crippen LogP contribution in [0.4, 0.5) is 0 Å². The van der Waals surface area contributed by atoms with Crippen LogP contribution in [0.5, 0.6) is 0 Å². The van der Waals surface area contributed by atoms with Gasteiger partial charge in [-0.2, -0.15) is 0 Å². The number of carbonyl (C=O) groups excluding carboxylic acids is 1. The van der Waals surface area contributed by atoms with Gasteiger partial charge in [0.15, 0.2) is 0 Å². The number of hydrogen-bond donors (Lipinski definition) is 0. The van der Waals surface area contributed by atoms with Crippen LogP contribution in [0.1, 0.15) is 119 Å². The largest absolute Gasteiger partial charge is 0.465 e. The standard InChI is InChI=1S/C32H52O2/c1-21(2)23-12-17-32(20-34-22(3)33)19-18-30(7)24(27(23)32)10-11-26-29(6)15-9-14-28(4,5)25(29)13-16-31(26,30)8/h23-27H,1,9-20H2,2-8H3/t23-,24+,25-,26+,27+,29-,30+,31+,32+/m0/s1. The van der Waals surface area contributed by atoms with Gasteiger partial charge in [-0.1, -0.05) is 53.2 Å². The molecule has 5 saturated carbocycles. The summed E-state index contributed by atoms with van der Waals surface area (Å²) in [5.74, 6) is 3.59. The van der Waals surface area contributed by atoms with Gasteiger partial charge in [-0.05, 0) is 122 Å². The van der Waals surface area contributed by atoms with Crippen LogP contribution < -0.4 is 0 Å². The number of hydrogen-bond acceptors (Lipinski definition) is 2. The molecule has 0 aliphatic heterocycles. The molecule has 0 aromatic carbocycles. The molecule has 0 heterocycles. The Balaban J connectivity index is 1.53. The first kappa shape index (κ1) is 24.9. The van der Waals surface area contributed by atoms with Crippen molar-refractivity contribution in [1.29, 1.82) is 0 Å². The highest BCUT2D eigenvalue weighted by Gasteiger charge is 2.70. The Morgan fingerprint density at radius 2 is 1.56 bits per heavy atom. The van der Waals surface area contributed by atoms with Crippen LogP contribution in [-0.4, -0.2) is 12.6 Å². The molecule has 0 spiro atoms. The molecule has 0 aromatic heterocycles. The van der Waals surface area contributed by atoms with Gasteiger partial charge >= 0.3 is 5.97 Å². The van der Waals surface area contributed by atoms with Crippen LogP contribution in [0.2, 0.25) is 0 Å². The number of carbonyl (C=O) groups is 1. The number of fused-ring (bicyclic) bond motifs is 7. The number of esters is 1. The predicted molar refractivity (Wildman–Crippen MR) is 140 cm³/mol.